The van der Waals surface area contributed by atoms with Gasteiger partial charge in [0.25, 0.3) is 11.8 Å². The fraction of sp³-hybridized carbons (Fsp3) is 0.481. The number of aliphatic hydroxyl groups is 1. The SMILES string of the molecule is Cc1ccc(OCC2CC2)c(-c2ncnc3c(C(=O)N[C@@H]4C[C@H](C)N(C(=O)[C@H](C)O)C4)c(C)[nH]c23)c1F. The highest BCUT2D eigenvalue weighted by Gasteiger charge is 2.35. The highest BCUT2D eigenvalue weighted by Crippen LogP contribution is 2.39. The number of H-pyrrole nitrogens is 1. The molecule has 1 saturated heterocycles. The van der Waals surface area contributed by atoms with Crippen molar-refractivity contribution in [2.24, 2.45) is 5.92 Å². The number of aromatic nitrogens is 3. The number of carbonyl (C=O) groups is 2. The summed E-state index contributed by atoms with van der Waals surface area (Å²) in [5.74, 6) is -0.210. The van der Waals surface area contributed by atoms with Gasteiger partial charge in [0, 0.05) is 24.3 Å². The summed E-state index contributed by atoms with van der Waals surface area (Å²) < 4.78 is 21.5. The van der Waals surface area contributed by atoms with Gasteiger partial charge < -0.3 is 25.0 Å². The Labute approximate surface area is 214 Å². The van der Waals surface area contributed by atoms with Crippen molar-refractivity contribution in [1.29, 1.82) is 0 Å². The molecule has 3 aromatic rings. The minimum atomic E-state index is -1.09. The molecule has 37 heavy (non-hydrogen) atoms. The zero-order valence-corrected chi connectivity index (χ0v) is 21.5. The van der Waals surface area contributed by atoms with Crippen LogP contribution in [0.2, 0.25) is 0 Å². The van der Waals surface area contributed by atoms with E-state index < -0.39 is 11.9 Å². The van der Waals surface area contributed by atoms with E-state index in [0.29, 0.717) is 64.8 Å². The highest BCUT2D eigenvalue weighted by molar-refractivity contribution is 6.09. The number of nitrogens with zero attached hydrogens (tertiary/aromatic N) is 3. The van der Waals surface area contributed by atoms with Gasteiger partial charge in [-0.1, -0.05) is 6.07 Å². The predicted molar refractivity (Wildman–Crippen MR) is 136 cm³/mol. The van der Waals surface area contributed by atoms with Gasteiger partial charge in [0.1, 0.15) is 35.2 Å². The number of halogens is 1. The lowest BCUT2D eigenvalue weighted by molar-refractivity contribution is -0.139. The van der Waals surface area contributed by atoms with E-state index in [0.717, 1.165) is 12.8 Å². The van der Waals surface area contributed by atoms with Gasteiger partial charge in [-0.25, -0.2) is 14.4 Å². The maximum Gasteiger partial charge on any atom is 0.255 e. The van der Waals surface area contributed by atoms with Crippen LogP contribution in [0.3, 0.4) is 0 Å². The van der Waals surface area contributed by atoms with E-state index in [1.807, 2.05) is 6.92 Å². The number of aryl methyl sites for hydroxylation is 2. The Balaban J connectivity index is 1.47. The van der Waals surface area contributed by atoms with E-state index in [9.17, 15) is 14.7 Å². The molecule has 5 rings (SSSR count). The van der Waals surface area contributed by atoms with E-state index in [2.05, 4.69) is 20.3 Å². The maximum absolute atomic E-state index is 15.5. The second-order valence-corrected chi connectivity index (χ2v) is 10.3. The molecule has 1 saturated carbocycles. The number of rotatable bonds is 7. The van der Waals surface area contributed by atoms with E-state index in [4.69, 9.17) is 4.74 Å². The molecule has 2 fully saturated rings. The molecule has 1 aliphatic heterocycles. The third-order valence-corrected chi connectivity index (χ3v) is 7.25. The number of hydrogen-bond donors (Lipinski definition) is 3. The second kappa shape index (κ2) is 9.74. The largest absolute Gasteiger partial charge is 0.492 e. The molecule has 9 nitrogen and oxygen atoms in total. The van der Waals surface area contributed by atoms with E-state index >= 15 is 4.39 Å². The first kappa shape index (κ1) is 25.1. The molecule has 3 heterocycles. The summed E-state index contributed by atoms with van der Waals surface area (Å²) in [6.07, 6.45) is 3.03. The van der Waals surface area contributed by atoms with Crippen molar-refractivity contribution < 1.29 is 23.8 Å². The molecule has 1 aliphatic carbocycles. The van der Waals surface area contributed by atoms with Crippen LogP contribution in [0.5, 0.6) is 5.75 Å². The number of amides is 2. The summed E-state index contributed by atoms with van der Waals surface area (Å²) in [5.41, 5.74) is 2.81. The lowest BCUT2D eigenvalue weighted by atomic mass is 10.0. The smallest absolute Gasteiger partial charge is 0.255 e. The molecule has 10 heteroatoms. The van der Waals surface area contributed by atoms with Crippen molar-refractivity contribution in [3.8, 4) is 17.0 Å². The van der Waals surface area contributed by atoms with Gasteiger partial charge >= 0.3 is 0 Å². The monoisotopic (exact) mass is 509 g/mol. The first-order valence-electron chi connectivity index (χ1n) is 12.7. The average Bonchev–Trinajstić information content (AvgIpc) is 3.52. The first-order chi connectivity index (χ1) is 17.7. The normalized spacial score (nSPS) is 20.3. The van der Waals surface area contributed by atoms with Crippen LogP contribution in [0, 0.1) is 25.6 Å². The van der Waals surface area contributed by atoms with Crippen LogP contribution in [0.1, 0.15) is 54.7 Å². The minimum absolute atomic E-state index is 0.108. The second-order valence-electron chi connectivity index (χ2n) is 10.3. The number of aliphatic hydroxyl groups excluding tert-OH is 1. The van der Waals surface area contributed by atoms with Gasteiger partial charge in [0.05, 0.1) is 23.3 Å². The highest BCUT2D eigenvalue weighted by atomic mass is 19.1. The molecule has 3 atom stereocenters. The summed E-state index contributed by atoms with van der Waals surface area (Å²) in [6.45, 7) is 7.62. The maximum atomic E-state index is 15.5. The number of aromatic amines is 1. The van der Waals surface area contributed by atoms with Gasteiger partial charge in [-0.2, -0.15) is 0 Å². The summed E-state index contributed by atoms with van der Waals surface area (Å²) in [4.78, 5) is 39.2. The van der Waals surface area contributed by atoms with Crippen LogP contribution < -0.4 is 10.1 Å². The zero-order valence-electron chi connectivity index (χ0n) is 21.5. The van der Waals surface area contributed by atoms with Crippen LogP contribution in [0.25, 0.3) is 22.3 Å². The van der Waals surface area contributed by atoms with Gasteiger partial charge in [-0.15, -0.1) is 0 Å². The van der Waals surface area contributed by atoms with Crippen LogP contribution >= 0.6 is 0 Å². The molecule has 196 valence electrons. The standard InChI is InChI=1S/C27H32FN5O4/c1-13-5-8-19(37-11-17-6-7-17)21(22(13)28)24-25-23(29-12-30-24)20(15(3)31-25)26(35)32-18-9-14(2)33(10-18)27(36)16(4)34/h5,8,12,14,16-18,31,34H,6-7,9-11H2,1-4H3,(H,32,35)/t14-,16-,18+/m0/s1. The number of carbonyl (C=O) groups excluding carboxylic acids is 2. The molecule has 0 radical (unpaired) electrons. The molecule has 2 aromatic heterocycles. The first-order valence-corrected chi connectivity index (χ1v) is 12.7. The number of ether oxygens (including phenoxy) is 1. The van der Waals surface area contributed by atoms with Crippen LogP contribution in [-0.4, -0.2) is 68.1 Å². The molecule has 1 aromatic carbocycles. The van der Waals surface area contributed by atoms with Crippen molar-refractivity contribution in [1.82, 2.24) is 25.2 Å². The molecular weight excluding hydrogens is 477 g/mol. The van der Waals surface area contributed by atoms with Gasteiger partial charge in [0.15, 0.2) is 0 Å². The number of fused-ring (bicyclic) bond motifs is 1. The molecule has 0 unspecified atom stereocenters. The quantitative estimate of drug-likeness (QED) is 0.450. The lowest BCUT2D eigenvalue weighted by Gasteiger charge is -2.22. The third-order valence-electron chi connectivity index (χ3n) is 7.25. The van der Waals surface area contributed by atoms with Crippen LogP contribution in [0.4, 0.5) is 4.39 Å². The Morgan fingerprint density at radius 1 is 1.30 bits per heavy atom. The molecule has 3 N–H and O–H groups in total. The summed E-state index contributed by atoms with van der Waals surface area (Å²) in [7, 11) is 0. The Kier molecular flexibility index (Phi) is 6.61. The Hall–Kier alpha value is -3.53. The molecule has 2 aliphatic rings. The fourth-order valence-electron chi connectivity index (χ4n) is 5.02. The summed E-state index contributed by atoms with van der Waals surface area (Å²) >= 11 is 0. The van der Waals surface area contributed by atoms with E-state index in [-0.39, 0.29) is 29.5 Å². The van der Waals surface area contributed by atoms with Crippen molar-refractivity contribution in [2.75, 3.05) is 13.2 Å². The lowest BCUT2D eigenvalue weighted by Crippen LogP contribution is -2.42. The Morgan fingerprint density at radius 3 is 2.76 bits per heavy atom. The number of benzene rings is 1. The van der Waals surface area contributed by atoms with Crippen LogP contribution in [0.15, 0.2) is 18.5 Å². The number of likely N-dealkylation sites (tertiary alicyclic amines) is 1. The third kappa shape index (κ3) is 4.77. The van der Waals surface area contributed by atoms with Gasteiger partial charge in [0.2, 0.25) is 0 Å². The molecule has 0 bridgehead atoms. The van der Waals surface area contributed by atoms with E-state index in [1.165, 1.54) is 13.3 Å². The number of nitrogens with one attached hydrogen (secondary N) is 2. The van der Waals surface area contributed by atoms with E-state index in [1.54, 1.807) is 30.9 Å². The van der Waals surface area contributed by atoms with Crippen molar-refractivity contribution >= 4 is 22.8 Å². The number of hydrogen-bond acceptors (Lipinski definition) is 6. The van der Waals surface area contributed by atoms with Crippen molar-refractivity contribution in [3.63, 3.8) is 0 Å². The average molecular weight is 510 g/mol. The molecule has 2 amide bonds. The minimum Gasteiger partial charge on any atom is -0.492 e. The van der Waals surface area contributed by atoms with Crippen LogP contribution in [-0.2, 0) is 4.79 Å². The van der Waals surface area contributed by atoms with Crippen molar-refractivity contribution in [3.05, 3.63) is 41.1 Å². The molecular formula is C27H32FN5O4. The Bertz CT molecular complexity index is 1370. The van der Waals surface area contributed by atoms with Gasteiger partial charge in [-0.05, 0) is 64.5 Å². The van der Waals surface area contributed by atoms with Gasteiger partial charge in [-0.3, -0.25) is 9.59 Å². The van der Waals surface area contributed by atoms with Crippen molar-refractivity contribution in [2.45, 2.75) is 65.1 Å². The fourth-order valence-corrected chi connectivity index (χ4v) is 5.02. The molecule has 0 spiro atoms. The Morgan fingerprint density at radius 2 is 2.05 bits per heavy atom. The predicted octanol–water partition coefficient (Wildman–Crippen LogP) is 3.27. The topological polar surface area (TPSA) is 120 Å². The summed E-state index contributed by atoms with van der Waals surface area (Å²) in [6, 6.07) is 3.07. The summed E-state index contributed by atoms with van der Waals surface area (Å²) in [5, 5.41) is 12.7. The zero-order chi connectivity index (χ0) is 26.4.